The van der Waals surface area contributed by atoms with Crippen LogP contribution in [0.25, 0.3) is 5.70 Å². The maximum atomic E-state index is 11.9. The fourth-order valence-electron chi connectivity index (χ4n) is 2.71. The summed E-state index contributed by atoms with van der Waals surface area (Å²) >= 11 is 0. The van der Waals surface area contributed by atoms with E-state index in [2.05, 4.69) is 0 Å². The average molecular weight is 269 g/mol. The molecule has 1 heterocycles. The van der Waals surface area contributed by atoms with Crippen LogP contribution in [0.4, 0.5) is 0 Å². The molecule has 0 spiro atoms. The number of hydrogen-bond donors (Lipinski definition) is 0. The highest BCUT2D eigenvalue weighted by Crippen LogP contribution is 2.38. The Morgan fingerprint density at radius 2 is 1.65 bits per heavy atom. The van der Waals surface area contributed by atoms with Gasteiger partial charge in [0.25, 0.3) is 0 Å². The molecule has 0 N–H and O–H groups in total. The smallest absolute Gasteiger partial charge is 0.174 e. The molecule has 1 aliphatic carbocycles. The molecule has 1 fully saturated rings. The van der Waals surface area contributed by atoms with Gasteiger partial charge in [-0.2, -0.15) is 0 Å². The monoisotopic (exact) mass is 269 g/mol. The second kappa shape index (κ2) is 4.63. The molecule has 3 rings (SSSR count). The van der Waals surface area contributed by atoms with Gasteiger partial charge in [0.2, 0.25) is 0 Å². The first-order valence-electron chi connectivity index (χ1n) is 6.58. The minimum atomic E-state index is -0.118. The van der Waals surface area contributed by atoms with Crippen LogP contribution in [-0.4, -0.2) is 23.7 Å². The van der Waals surface area contributed by atoms with Crippen molar-refractivity contribution in [3.05, 3.63) is 52.8 Å². The molecule has 0 saturated heterocycles. The molecule has 0 bridgehead atoms. The van der Waals surface area contributed by atoms with Crippen LogP contribution in [0.1, 0.15) is 25.3 Å². The highest BCUT2D eigenvalue weighted by Gasteiger charge is 2.36. The van der Waals surface area contributed by atoms with Crippen LogP contribution >= 0.6 is 0 Å². The van der Waals surface area contributed by atoms with Crippen LogP contribution in [0, 0.1) is 0 Å². The molecule has 0 amide bonds. The van der Waals surface area contributed by atoms with E-state index in [1.54, 1.807) is 12.1 Å². The number of hydroxylamine groups is 2. The SMILES string of the molecule is CC1=C(c2ccccc2)N(C)OC1=C1C(=O)CCC1=O. The van der Waals surface area contributed by atoms with E-state index >= 15 is 0 Å². The standard InChI is InChI=1S/C16H15NO3/c1-10-15(11-6-4-3-5-7-11)17(2)20-16(10)14-12(18)8-9-13(14)19/h3-7H,8-9H2,1-2H3. The van der Waals surface area contributed by atoms with Crippen molar-refractivity contribution < 1.29 is 14.4 Å². The maximum absolute atomic E-state index is 11.9. The van der Waals surface area contributed by atoms with Gasteiger partial charge < -0.3 is 4.84 Å². The van der Waals surface area contributed by atoms with Crippen molar-refractivity contribution in [2.75, 3.05) is 7.05 Å². The van der Waals surface area contributed by atoms with Crippen molar-refractivity contribution in [1.82, 2.24) is 5.06 Å². The van der Waals surface area contributed by atoms with Gasteiger partial charge in [-0.15, -0.1) is 0 Å². The van der Waals surface area contributed by atoms with Crippen LogP contribution < -0.4 is 0 Å². The van der Waals surface area contributed by atoms with E-state index in [9.17, 15) is 9.59 Å². The summed E-state index contributed by atoms with van der Waals surface area (Å²) in [5, 5.41) is 1.62. The number of nitrogens with zero attached hydrogens (tertiary/aromatic N) is 1. The normalized spacial score (nSPS) is 19.2. The first-order valence-corrected chi connectivity index (χ1v) is 6.58. The van der Waals surface area contributed by atoms with Crippen LogP contribution in [0.5, 0.6) is 0 Å². The van der Waals surface area contributed by atoms with E-state index in [1.807, 2.05) is 37.3 Å². The van der Waals surface area contributed by atoms with Crippen LogP contribution in [0.3, 0.4) is 0 Å². The van der Waals surface area contributed by atoms with E-state index in [1.165, 1.54) is 0 Å². The molecule has 1 aliphatic heterocycles. The van der Waals surface area contributed by atoms with Gasteiger partial charge in [0.15, 0.2) is 17.3 Å². The number of rotatable bonds is 1. The Bertz CT molecular complexity index is 638. The van der Waals surface area contributed by atoms with Crippen molar-refractivity contribution >= 4 is 17.3 Å². The Morgan fingerprint density at radius 1 is 1.05 bits per heavy atom. The Kier molecular flexibility index (Phi) is 2.93. The molecule has 102 valence electrons. The summed E-state index contributed by atoms with van der Waals surface area (Å²) in [6.45, 7) is 1.88. The molecule has 1 aromatic carbocycles. The first-order chi connectivity index (χ1) is 9.59. The molecule has 0 unspecified atom stereocenters. The van der Waals surface area contributed by atoms with Crippen LogP contribution in [0.15, 0.2) is 47.2 Å². The minimum Gasteiger partial charge on any atom is -0.379 e. The van der Waals surface area contributed by atoms with Gasteiger partial charge in [0.1, 0.15) is 5.57 Å². The van der Waals surface area contributed by atoms with Gasteiger partial charge in [-0.3, -0.25) is 9.59 Å². The predicted octanol–water partition coefficient (Wildman–Crippen LogP) is 2.48. The van der Waals surface area contributed by atoms with Crippen molar-refractivity contribution in [2.24, 2.45) is 0 Å². The number of Topliss-reactive ketones (excluding diaryl/α,β-unsaturated/α-hetero) is 2. The number of benzene rings is 1. The van der Waals surface area contributed by atoms with Gasteiger partial charge in [-0.05, 0) is 6.92 Å². The number of ketones is 2. The van der Waals surface area contributed by atoms with Crippen molar-refractivity contribution in [3.63, 3.8) is 0 Å². The summed E-state index contributed by atoms with van der Waals surface area (Å²) in [5.74, 6) is 0.179. The Balaban J connectivity index is 2.14. The average Bonchev–Trinajstić information content (AvgIpc) is 2.91. The Labute approximate surface area is 117 Å². The zero-order valence-electron chi connectivity index (χ0n) is 11.5. The highest BCUT2D eigenvalue weighted by atomic mass is 16.7. The molecule has 4 heteroatoms. The number of allylic oxidation sites excluding steroid dienone is 2. The molecule has 1 aromatic rings. The predicted molar refractivity (Wildman–Crippen MR) is 74.2 cm³/mol. The fraction of sp³-hybridized carbons (Fsp3) is 0.250. The lowest BCUT2D eigenvalue weighted by Crippen LogP contribution is -2.12. The van der Waals surface area contributed by atoms with E-state index in [0.29, 0.717) is 18.6 Å². The molecule has 0 aromatic heterocycles. The molecular formula is C16H15NO3. The van der Waals surface area contributed by atoms with Crippen molar-refractivity contribution in [1.29, 1.82) is 0 Å². The molecular weight excluding hydrogens is 254 g/mol. The first kappa shape index (κ1) is 12.7. The van der Waals surface area contributed by atoms with Gasteiger partial charge >= 0.3 is 0 Å². The largest absolute Gasteiger partial charge is 0.379 e. The van der Waals surface area contributed by atoms with E-state index in [0.717, 1.165) is 16.8 Å². The lowest BCUT2D eigenvalue weighted by atomic mass is 10.0. The molecule has 2 aliphatic rings. The Morgan fingerprint density at radius 3 is 2.25 bits per heavy atom. The maximum Gasteiger partial charge on any atom is 0.174 e. The van der Waals surface area contributed by atoms with Gasteiger partial charge in [-0.1, -0.05) is 30.3 Å². The number of carbonyl (C=O) groups excluding carboxylic acids is 2. The topological polar surface area (TPSA) is 46.6 Å². The van der Waals surface area contributed by atoms with E-state index in [4.69, 9.17) is 4.84 Å². The molecule has 0 radical (unpaired) electrons. The minimum absolute atomic E-state index is 0.118. The van der Waals surface area contributed by atoms with Crippen LogP contribution in [0.2, 0.25) is 0 Å². The molecule has 0 atom stereocenters. The lowest BCUT2D eigenvalue weighted by Gasteiger charge is -2.15. The number of hydrogen-bond acceptors (Lipinski definition) is 4. The summed E-state index contributed by atoms with van der Waals surface area (Å²) in [4.78, 5) is 29.4. The second-order valence-corrected chi connectivity index (χ2v) is 4.98. The molecule has 20 heavy (non-hydrogen) atoms. The quantitative estimate of drug-likeness (QED) is 0.580. The summed E-state index contributed by atoms with van der Waals surface area (Å²) in [7, 11) is 1.78. The third-order valence-electron chi connectivity index (χ3n) is 3.65. The van der Waals surface area contributed by atoms with Crippen molar-refractivity contribution in [2.45, 2.75) is 19.8 Å². The van der Waals surface area contributed by atoms with Gasteiger partial charge in [0.05, 0.1) is 5.70 Å². The van der Waals surface area contributed by atoms with E-state index < -0.39 is 0 Å². The summed E-state index contributed by atoms with van der Waals surface area (Å²) in [5.41, 5.74) is 2.94. The third-order valence-corrected chi connectivity index (χ3v) is 3.65. The summed E-state index contributed by atoms with van der Waals surface area (Å²) in [6, 6.07) is 9.79. The van der Waals surface area contributed by atoms with Crippen molar-refractivity contribution in [3.8, 4) is 0 Å². The fourth-order valence-corrected chi connectivity index (χ4v) is 2.71. The lowest BCUT2D eigenvalue weighted by molar-refractivity contribution is -0.117. The molecule has 1 saturated carbocycles. The Hall–Kier alpha value is -2.36. The second-order valence-electron chi connectivity index (χ2n) is 4.98. The zero-order valence-corrected chi connectivity index (χ0v) is 11.5. The third kappa shape index (κ3) is 1.84. The zero-order chi connectivity index (χ0) is 14.3. The van der Waals surface area contributed by atoms with Gasteiger partial charge in [-0.25, -0.2) is 5.06 Å². The number of carbonyl (C=O) groups is 2. The van der Waals surface area contributed by atoms with E-state index in [-0.39, 0.29) is 17.1 Å². The molecule has 4 nitrogen and oxygen atoms in total. The highest BCUT2D eigenvalue weighted by molar-refractivity contribution is 6.26. The summed E-state index contributed by atoms with van der Waals surface area (Å²) < 4.78 is 0. The van der Waals surface area contributed by atoms with Gasteiger partial charge in [0, 0.05) is 31.0 Å². The van der Waals surface area contributed by atoms with Crippen LogP contribution in [-0.2, 0) is 14.4 Å². The summed E-state index contributed by atoms with van der Waals surface area (Å²) in [6.07, 6.45) is 0.581.